The number of carbonyl (C=O) groups is 1. The van der Waals surface area contributed by atoms with Gasteiger partial charge in [0, 0.05) is 16.4 Å². The Morgan fingerprint density at radius 1 is 1.39 bits per heavy atom. The smallest absolute Gasteiger partial charge is 0.251 e. The van der Waals surface area contributed by atoms with E-state index < -0.39 is 0 Å². The van der Waals surface area contributed by atoms with Gasteiger partial charge in [-0.15, -0.1) is 0 Å². The van der Waals surface area contributed by atoms with E-state index in [1.54, 1.807) is 13.0 Å². The lowest BCUT2D eigenvalue weighted by Gasteiger charge is -2.28. The van der Waals surface area contributed by atoms with Crippen molar-refractivity contribution in [1.29, 1.82) is 0 Å². The number of halogens is 2. The molecule has 1 amide bonds. The molecule has 18 heavy (non-hydrogen) atoms. The highest BCUT2D eigenvalue weighted by Gasteiger charge is 2.24. The summed E-state index contributed by atoms with van der Waals surface area (Å²) in [6.07, 6.45) is 4.45. The van der Waals surface area contributed by atoms with Crippen LogP contribution in [0.1, 0.15) is 41.6 Å². The molecule has 1 aliphatic rings. The van der Waals surface area contributed by atoms with E-state index in [9.17, 15) is 9.18 Å². The molecule has 2 atom stereocenters. The second-order valence-electron chi connectivity index (χ2n) is 4.84. The molecule has 98 valence electrons. The summed E-state index contributed by atoms with van der Waals surface area (Å²) in [5.41, 5.74) is 1.03. The first-order valence-electron chi connectivity index (χ1n) is 6.29. The maximum atomic E-state index is 13.1. The van der Waals surface area contributed by atoms with E-state index in [2.05, 4.69) is 21.2 Å². The molecule has 1 saturated carbocycles. The molecule has 4 heteroatoms. The maximum absolute atomic E-state index is 13.1. The molecule has 1 aromatic carbocycles. The van der Waals surface area contributed by atoms with Gasteiger partial charge in [0.05, 0.1) is 0 Å². The van der Waals surface area contributed by atoms with E-state index in [1.807, 2.05) is 0 Å². The summed E-state index contributed by atoms with van der Waals surface area (Å²) in [4.78, 5) is 12.4. The van der Waals surface area contributed by atoms with Gasteiger partial charge in [-0.25, -0.2) is 4.39 Å². The van der Waals surface area contributed by atoms with E-state index in [4.69, 9.17) is 0 Å². The van der Waals surface area contributed by atoms with Gasteiger partial charge in [0.2, 0.25) is 0 Å². The van der Waals surface area contributed by atoms with Crippen LogP contribution in [0.2, 0.25) is 0 Å². The standard InChI is InChI=1S/C14H17BrFNO/c1-9-8-10(6-7-12(9)16)14(18)17-13-5-3-2-4-11(13)15/h6-8,11,13H,2-5H2,1H3,(H,17,18). The number of nitrogens with one attached hydrogen (secondary N) is 1. The van der Waals surface area contributed by atoms with Crippen molar-refractivity contribution < 1.29 is 9.18 Å². The lowest BCUT2D eigenvalue weighted by atomic mass is 9.95. The normalized spacial score (nSPS) is 23.7. The van der Waals surface area contributed by atoms with Crippen molar-refractivity contribution in [3.8, 4) is 0 Å². The molecule has 0 spiro atoms. The van der Waals surface area contributed by atoms with Crippen LogP contribution < -0.4 is 5.32 Å². The van der Waals surface area contributed by atoms with E-state index in [-0.39, 0.29) is 17.8 Å². The fraction of sp³-hybridized carbons (Fsp3) is 0.500. The first kappa shape index (κ1) is 13.5. The zero-order valence-corrected chi connectivity index (χ0v) is 12.0. The maximum Gasteiger partial charge on any atom is 0.251 e. The third-order valence-electron chi connectivity index (χ3n) is 3.42. The second kappa shape index (κ2) is 5.83. The van der Waals surface area contributed by atoms with Crippen molar-refractivity contribution in [2.45, 2.75) is 43.5 Å². The van der Waals surface area contributed by atoms with Crippen molar-refractivity contribution in [1.82, 2.24) is 5.32 Å². The Balaban J connectivity index is 2.04. The Bertz CT molecular complexity index is 449. The predicted octanol–water partition coefficient (Wildman–Crippen LogP) is 3.57. The third-order valence-corrected chi connectivity index (χ3v) is 4.51. The lowest BCUT2D eigenvalue weighted by molar-refractivity contribution is 0.0929. The van der Waals surface area contributed by atoms with E-state index in [0.717, 1.165) is 19.3 Å². The Morgan fingerprint density at radius 2 is 2.11 bits per heavy atom. The predicted molar refractivity (Wildman–Crippen MR) is 73.6 cm³/mol. The average Bonchev–Trinajstić information content (AvgIpc) is 2.35. The second-order valence-corrected chi connectivity index (χ2v) is 6.02. The van der Waals surface area contributed by atoms with Crippen molar-refractivity contribution >= 4 is 21.8 Å². The highest BCUT2D eigenvalue weighted by Crippen LogP contribution is 2.24. The van der Waals surface area contributed by atoms with Crippen LogP contribution in [0.15, 0.2) is 18.2 Å². The molecule has 2 rings (SSSR count). The molecule has 1 fully saturated rings. The molecule has 0 radical (unpaired) electrons. The summed E-state index contributed by atoms with van der Waals surface area (Å²) in [6, 6.07) is 4.65. The van der Waals surface area contributed by atoms with Crippen molar-refractivity contribution in [2.24, 2.45) is 0 Å². The van der Waals surface area contributed by atoms with E-state index in [0.29, 0.717) is 16.0 Å². The Hall–Kier alpha value is -0.900. The summed E-state index contributed by atoms with van der Waals surface area (Å²) in [5, 5.41) is 3.02. The van der Waals surface area contributed by atoms with Gasteiger partial charge in [-0.3, -0.25) is 4.79 Å². The van der Waals surface area contributed by atoms with Gasteiger partial charge < -0.3 is 5.32 Å². The molecular formula is C14H17BrFNO. The molecule has 0 aromatic heterocycles. The monoisotopic (exact) mass is 313 g/mol. The number of amides is 1. The zero-order valence-electron chi connectivity index (χ0n) is 10.4. The number of benzene rings is 1. The molecule has 0 aliphatic heterocycles. The minimum atomic E-state index is -0.275. The third kappa shape index (κ3) is 3.10. The fourth-order valence-electron chi connectivity index (χ4n) is 2.29. The Labute approximate surface area is 115 Å². The molecule has 0 saturated heterocycles. The molecule has 2 nitrogen and oxygen atoms in total. The van der Waals surface area contributed by atoms with Crippen LogP contribution in [0.4, 0.5) is 4.39 Å². The van der Waals surface area contributed by atoms with Crippen LogP contribution in [0.25, 0.3) is 0 Å². The lowest BCUT2D eigenvalue weighted by Crippen LogP contribution is -2.42. The molecule has 1 aromatic rings. The molecule has 1 aliphatic carbocycles. The van der Waals surface area contributed by atoms with Gasteiger partial charge in [0.25, 0.3) is 5.91 Å². The molecule has 0 bridgehead atoms. The largest absolute Gasteiger partial charge is 0.348 e. The SMILES string of the molecule is Cc1cc(C(=O)NC2CCCCC2Br)ccc1F. The van der Waals surface area contributed by atoms with Crippen LogP contribution >= 0.6 is 15.9 Å². The number of alkyl halides is 1. The van der Waals surface area contributed by atoms with E-state index in [1.165, 1.54) is 18.6 Å². The average molecular weight is 314 g/mol. The van der Waals surface area contributed by atoms with Gasteiger partial charge >= 0.3 is 0 Å². The summed E-state index contributed by atoms with van der Waals surface area (Å²) < 4.78 is 13.1. The zero-order chi connectivity index (χ0) is 13.1. The highest BCUT2D eigenvalue weighted by molar-refractivity contribution is 9.09. The van der Waals surface area contributed by atoms with Gasteiger partial charge in [0.1, 0.15) is 5.82 Å². The van der Waals surface area contributed by atoms with Crippen molar-refractivity contribution in [2.75, 3.05) is 0 Å². The van der Waals surface area contributed by atoms with Crippen molar-refractivity contribution in [3.05, 3.63) is 35.1 Å². The number of hydrogen-bond acceptors (Lipinski definition) is 1. The molecule has 0 heterocycles. The van der Waals surface area contributed by atoms with Crippen LogP contribution in [0.5, 0.6) is 0 Å². The minimum absolute atomic E-state index is 0.116. The van der Waals surface area contributed by atoms with Gasteiger partial charge in [0.15, 0.2) is 0 Å². The minimum Gasteiger partial charge on any atom is -0.348 e. The van der Waals surface area contributed by atoms with Crippen LogP contribution in [-0.2, 0) is 0 Å². The highest BCUT2D eigenvalue weighted by atomic mass is 79.9. The fourth-order valence-corrected chi connectivity index (χ4v) is 3.01. The Kier molecular flexibility index (Phi) is 4.38. The first-order valence-corrected chi connectivity index (χ1v) is 7.20. The molecule has 1 N–H and O–H groups in total. The quantitative estimate of drug-likeness (QED) is 0.831. The number of hydrogen-bond donors (Lipinski definition) is 1. The van der Waals surface area contributed by atoms with Crippen LogP contribution in [0.3, 0.4) is 0 Å². The molecule has 2 unspecified atom stereocenters. The number of aryl methyl sites for hydroxylation is 1. The van der Waals surface area contributed by atoms with Crippen LogP contribution in [0, 0.1) is 12.7 Å². The van der Waals surface area contributed by atoms with Gasteiger partial charge in [-0.1, -0.05) is 28.8 Å². The van der Waals surface area contributed by atoms with Gasteiger partial charge in [-0.05, 0) is 43.5 Å². The Morgan fingerprint density at radius 3 is 2.78 bits per heavy atom. The topological polar surface area (TPSA) is 29.1 Å². The summed E-state index contributed by atoms with van der Waals surface area (Å²) in [7, 11) is 0. The summed E-state index contributed by atoms with van der Waals surface area (Å²) >= 11 is 3.61. The van der Waals surface area contributed by atoms with Gasteiger partial charge in [-0.2, -0.15) is 0 Å². The summed E-state index contributed by atoms with van der Waals surface area (Å²) in [6.45, 7) is 1.67. The molecular weight excluding hydrogens is 297 g/mol. The summed E-state index contributed by atoms with van der Waals surface area (Å²) in [5.74, 6) is -0.392. The number of carbonyl (C=O) groups excluding carboxylic acids is 1. The van der Waals surface area contributed by atoms with Crippen LogP contribution in [-0.4, -0.2) is 16.8 Å². The first-order chi connectivity index (χ1) is 8.58. The number of rotatable bonds is 2. The van der Waals surface area contributed by atoms with E-state index >= 15 is 0 Å². The van der Waals surface area contributed by atoms with Crippen molar-refractivity contribution in [3.63, 3.8) is 0 Å².